The summed E-state index contributed by atoms with van der Waals surface area (Å²) in [6.07, 6.45) is 5.18. The molecule has 11 nitrogen and oxygen atoms in total. The Balaban J connectivity index is 1.04. The third-order valence-electron chi connectivity index (χ3n) is 7.78. The number of fused-ring (bicyclic) bond motifs is 2. The van der Waals surface area contributed by atoms with Crippen molar-refractivity contribution >= 4 is 40.3 Å². The summed E-state index contributed by atoms with van der Waals surface area (Å²) in [5, 5.41) is 3.00. The minimum atomic E-state index is -0.571. The predicted molar refractivity (Wildman–Crippen MR) is 142 cm³/mol. The lowest BCUT2D eigenvalue weighted by Gasteiger charge is -2.23. The molecule has 0 radical (unpaired) electrons. The zero-order chi connectivity index (χ0) is 26.7. The molecular weight excluding hydrogens is 503 g/mol. The summed E-state index contributed by atoms with van der Waals surface area (Å²) >= 11 is 0. The number of nitrogens with zero attached hydrogens (tertiary/aromatic N) is 6. The van der Waals surface area contributed by atoms with Gasteiger partial charge in [-0.15, -0.1) is 0 Å². The second-order valence-electron chi connectivity index (χ2n) is 10.6. The van der Waals surface area contributed by atoms with E-state index in [9.17, 15) is 9.59 Å². The summed E-state index contributed by atoms with van der Waals surface area (Å²) in [6.45, 7) is 4.68. The highest BCUT2D eigenvalue weighted by Crippen LogP contribution is 2.38. The molecule has 200 valence electrons. The number of carbonyl (C=O) groups excluding carboxylic acids is 1. The average molecular weight is 531 g/mol. The molecule has 12 heteroatoms. The Labute approximate surface area is 222 Å². The monoisotopic (exact) mass is 530 g/mol. The van der Waals surface area contributed by atoms with E-state index in [1.807, 2.05) is 16.7 Å². The molecule has 7 rings (SSSR count). The van der Waals surface area contributed by atoms with Gasteiger partial charge in [0.15, 0.2) is 23.0 Å². The maximum atomic E-state index is 15.2. The van der Waals surface area contributed by atoms with Gasteiger partial charge in [0.1, 0.15) is 5.52 Å². The van der Waals surface area contributed by atoms with E-state index in [0.717, 1.165) is 25.9 Å². The number of amides is 1. The first-order valence-electron chi connectivity index (χ1n) is 13.1. The fourth-order valence-corrected chi connectivity index (χ4v) is 5.59. The number of oxazole rings is 1. The van der Waals surface area contributed by atoms with Crippen molar-refractivity contribution in [3.05, 3.63) is 64.7 Å². The number of anilines is 4. The lowest BCUT2D eigenvalue weighted by atomic mass is 10.0. The number of benzene rings is 1. The van der Waals surface area contributed by atoms with E-state index >= 15 is 4.39 Å². The predicted octanol–water partition coefficient (Wildman–Crippen LogP) is 3.15. The van der Waals surface area contributed by atoms with Crippen LogP contribution in [0.3, 0.4) is 0 Å². The Hall–Kier alpha value is -4.48. The Kier molecular flexibility index (Phi) is 5.49. The van der Waals surface area contributed by atoms with Gasteiger partial charge < -0.3 is 19.5 Å². The van der Waals surface area contributed by atoms with Gasteiger partial charge in [-0.25, -0.2) is 19.2 Å². The molecule has 0 spiro atoms. The van der Waals surface area contributed by atoms with Gasteiger partial charge in [0.25, 0.3) is 0 Å². The number of hydrogen-bond acceptors (Lipinski definition) is 9. The van der Waals surface area contributed by atoms with Crippen molar-refractivity contribution in [2.24, 2.45) is 17.8 Å². The molecule has 1 aliphatic carbocycles. The van der Waals surface area contributed by atoms with Crippen LogP contribution in [-0.2, 0) is 4.79 Å². The highest BCUT2D eigenvalue weighted by Gasteiger charge is 2.45. The summed E-state index contributed by atoms with van der Waals surface area (Å²) in [6, 6.07) is 8.44. The van der Waals surface area contributed by atoms with E-state index in [4.69, 9.17) is 4.42 Å². The minimum Gasteiger partial charge on any atom is -0.406 e. The summed E-state index contributed by atoms with van der Waals surface area (Å²) in [5.74, 6) is 1.13. The van der Waals surface area contributed by atoms with Crippen molar-refractivity contribution in [1.29, 1.82) is 0 Å². The SMILES string of the molecule is Cc1cnc(Nc2cnc(N3CC4CN(C(=O)C5CC5)CC4C3)c(F)c2)nc1Nn1c(=O)oc2ccccc21. The number of aromatic nitrogens is 4. The number of nitrogens with one attached hydrogen (secondary N) is 2. The third kappa shape index (κ3) is 4.35. The Morgan fingerprint density at radius 1 is 1.08 bits per heavy atom. The second-order valence-corrected chi connectivity index (χ2v) is 10.6. The van der Waals surface area contributed by atoms with Gasteiger partial charge in [0, 0.05) is 61.8 Å². The molecule has 1 amide bonds. The van der Waals surface area contributed by atoms with Crippen molar-refractivity contribution in [3.63, 3.8) is 0 Å². The van der Waals surface area contributed by atoms with E-state index in [1.165, 1.54) is 10.7 Å². The lowest BCUT2D eigenvalue weighted by molar-refractivity contribution is -0.131. The molecule has 1 aromatic carbocycles. The van der Waals surface area contributed by atoms with Crippen LogP contribution in [0.5, 0.6) is 0 Å². The van der Waals surface area contributed by atoms with Crippen LogP contribution in [0.15, 0.2) is 51.9 Å². The normalized spacial score (nSPS) is 20.5. The fourth-order valence-electron chi connectivity index (χ4n) is 5.59. The summed E-state index contributed by atoms with van der Waals surface area (Å²) in [7, 11) is 0. The topological polar surface area (TPSA) is 121 Å². The Bertz CT molecular complexity index is 1630. The van der Waals surface area contributed by atoms with Gasteiger partial charge in [-0.1, -0.05) is 12.1 Å². The van der Waals surface area contributed by atoms with Crippen LogP contribution >= 0.6 is 0 Å². The maximum absolute atomic E-state index is 15.2. The molecule has 3 aromatic heterocycles. The van der Waals surface area contributed by atoms with Crippen LogP contribution in [0.1, 0.15) is 18.4 Å². The highest BCUT2D eigenvalue weighted by atomic mass is 19.1. The number of likely N-dealkylation sites (tertiary alicyclic amines) is 1. The van der Waals surface area contributed by atoms with Gasteiger partial charge in [-0.3, -0.25) is 10.2 Å². The molecule has 2 atom stereocenters. The fraction of sp³-hybridized carbons (Fsp3) is 0.370. The van der Waals surface area contributed by atoms with E-state index in [2.05, 4.69) is 25.7 Å². The van der Waals surface area contributed by atoms with E-state index < -0.39 is 11.6 Å². The smallest absolute Gasteiger partial charge is 0.406 e. The number of halogens is 1. The van der Waals surface area contributed by atoms with Crippen molar-refractivity contribution < 1.29 is 13.6 Å². The second kappa shape index (κ2) is 9.07. The standard InChI is InChI=1S/C27H27FN8O3/c1-15-9-30-26(32-23(15)33-36-21-4-2-3-5-22(21)39-27(36)38)31-19-8-20(28)24(29-10-19)34-11-17-13-35(14-18(17)12-34)25(37)16-6-7-16/h2-5,8-10,16-18H,6-7,11-14H2,1H3,(H2,30,31,32,33). The zero-order valence-electron chi connectivity index (χ0n) is 21.3. The van der Waals surface area contributed by atoms with Crippen LogP contribution in [0.25, 0.3) is 11.1 Å². The summed E-state index contributed by atoms with van der Waals surface area (Å²) < 4.78 is 21.7. The van der Waals surface area contributed by atoms with Crippen LogP contribution in [0.2, 0.25) is 0 Å². The van der Waals surface area contributed by atoms with Crippen molar-refractivity contribution in [1.82, 2.24) is 24.5 Å². The van der Waals surface area contributed by atoms with Gasteiger partial charge in [0.05, 0.1) is 11.9 Å². The molecule has 1 saturated carbocycles. The van der Waals surface area contributed by atoms with Crippen LogP contribution < -0.4 is 21.4 Å². The van der Waals surface area contributed by atoms with Crippen LogP contribution in [-0.4, -0.2) is 56.6 Å². The van der Waals surface area contributed by atoms with Gasteiger partial charge in [0.2, 0.25) is 11.9 Å². The molecule has 0 bridgehead atoms. The zero-order valence-corrected chi connectivity index (χ0v) is 21.3. The first-order chi connectivity index (χ1) is 18.9. The summed E-state index contributed by atoms with van der Waals surface area (Å²) in [5.41, 5.74) is 5.11. The molecule has 3 fully saturated rings. The van der Waals surface area contributed by atoms with Gasteiger partial charge in [-0.2, -0.15) is 9.66 Å². The highest BCUT2D eigenvalue weighted by molar-refractivity contribution is 5.81. The molecule has 3 aliphatic rings. The van der Waals surface area contributed by atoms with Gasteiger partial charge >= 0.3 is 5.76 Å². The Morgan fingerprint density at radius 3 is 2.59 bits per heavy atom. The molecular formula is C27H27FN8O3. The molecule has 2 N–H and O–H groups in total. The minimum absolute atomic E-state index is 0.217. The number of carbonyl (C=O) groups is 1. The van der Waals surface area contributed by atoms with Crippen LogP contribution in [0, 0.1) is 30.5 Å². The van der Waals surface area contributed by atoms with E-state index in [-0.39, 0.29) is 17.8 Å². The van der Waals surface area contributed by atoms with Crippen LogP contribution in [0.4, 0.5) is 27.7 Å². The van der Waals surface area contributed by atoms with Crippen molar-refractivity contribution in [3.8, 4) is 0 Å². The lowest BCUT2D eigenvalue weighted by Crippen LogP contribution is -2.34. The first kappa shape index (κ1) is 23.6. The number of aryl methyl sites for hydroxylation is 1. The molecule has 2 unspecified atom stereocenters. The number of para-hydroxylation sites is 2. The maximum Gasteiger partial charge on any atom is 0.439 e. The molecule has 4 aromatic rings. The third-order valence-corrected chi connectivity index (χ3v) is 7.78. The molecule has 2 saturated heterocycles. The molecule has 5 heterocycles. The molecule has 2 aliphatic heterocycles. The van der Waals surface area contributed by atoms with E-state index in [1.54, 1.807) is 36.7 Å². The van der Waals surface area contributed by atoms with E-state index in [0.29, 0.717) is 58.9 Å². The molecule has 39 heavy (non-hydrogen) atoms. The summed E-state index contributed by atoms with van der Waals surface area (Å²) in [4.78, 5) is 41.9. The van der Waals surface area contributed by atoms with Crippen molar-refractivity contribution in [2.45, 2.75) is 19.8 Å². The van der Waals surface area contributed by atoms with Gasteiger partial charge in [-0.05, 0) is 31.9 Å². The Morgan fingerprint density at radius 2 is 1.85 bits per heavy atom. The average Bonchev–Trinajstić information content (AvgIpc) is 3.48. The van der Waals surface area contributed by atoms with Crippen molar-refractivity contribution in [2.75, 3.05) is 41.8 Å². The quantitative estimate of drug-likeness (QED) is 0.387. The largest absolute Gasteiger partial charge is 0.439 e. The first-order valence-corrected chi connectivity index (χ1v) is 13.1. The number of hydrogen-bond donors (Lipinski definition) is 2. The number of pyridine rings is 1. The number of rotatable bonds is 6.